The molecule has 2 rings (SSSR count). The third kappa shape index (κ3) is 3.84. The maximum Gasteiger partial charge on any atom is 0.153 e. The van der Waals surface area contributed by atoms with Crippen molar-refractivity contribution in [2.24, 2.45) is 10.9 Å². The van der Waals surface area contributed by atoms with Gasteiger partial charge in [0.2, 0.25) is 0 Å². The lowest BCUT2D eigenvalue weighted by Gasteiger charge is -2.28. The first-order chi connectivity index (χ1) is 9.60. The van der Waals surface area contributed by atoms with Gasteiger partial charge >= 0.3 is 0 Å². The summed E-state index contributed by atoms with van der Waals surface area (Å²) in [6, 6.07) is 5.20. The maximum atomic E-state index is 13.5. The molecule has 1 aromatic rings. The Morgan fingerprint density at radius 1 is 1.45 bits per heavy atom. The molecule has 0 aliphatic heterocycles. The quantitative estimate of drug-likeness (QED) is 0.380. The molecule has 0 bridgehead atoms. The number of amidine groups is 1. The number of oxime groups is 1. The molecular formula is C14H19ClFN3O. The van der Waals surface area contributed by atoms with Crippen LogP contribution >= 0.6 is 11.6 Å². The van der Waals surface area contributed by atoms with Crippen molar-refractivity contribution >= 4 is 17.4 Å². The Morgan fingerprint density at radius 3 is 2.75 bits per heavy atom. The van der Waals surface area contributed by atoms with Gasteiger partial charge in [-0.1, -0.05) is 35.7 Å². The summed E-state index contributed by atoms with van der Waals surface area (Å²) in [5.74, 6) is -0.245. The van der Waals surface area contributed by atoms with Crippen LogP contribution in [0.2, 0.25) is 5.02 Å². The molecule has 3 N–H and O–H groups in total. The van der Waals surface area contributed by atoms with E-state index in [1.165, 1.54) is 18.9 Å². The Labute approximate surface area is 123 Å². The normalized spacial score (nSPS) is 17.1. The van der Waals surface area contributed by atoms with Crippen LogP contribution in [0.15, 0.2) is 23.4 Å². The van der Waals surface area contributed by atoms with Crippen LogP contribution in [0.5, 0.6) is 0 Å². The van der Waals surface area contributed by atoms with Gasteiger partial charge in [0.1, 0.15) is 5.82 Å². The molecule has 0 radical (unpaired) electrons. The molecule has 20 heavy (non-hydrogen) atoms. The molecule has 0 saturated heterocycles. The van der Waals surface area contributed by atoms with Crippen LogP contribution < -0.4 is 5.73 Å². The summed E-state index contributed by atoms with van der Waals surface area (Å²) >= 11 is 5.69. The fourth-order valence-electron chi connectivity index (χ4n) is 2.70. The highest BCUT2D eigenvalue weighted by molar-refractivity contribution is 6.30. The fourth-order valence-corrected chi connectivity index (χ4v) is 2.81. The smallest absolute Gasteiger partial charge is 0.153 e. The molecular weight excluding hydrogens is 281 g/mol. The van der Waals surface area contributed by atoms with Crippen molar-refractivity contribution in [3.63, 3.8) is 0 Å². The lowest BCUT2D eigenvalue weighted by molar-refractivity contribution is 0.214. The van der Waals surface area contributed by atoms with Crippen molar-refractivity contribution in [1.29, 1.82) is 0 Å². The molecule has 4 nitrogen and oxygen atoms in total. The van der Waals surface area contributed by atoms with Crippen molar-refractivity contribution in [2.45, 2.75) is 38.3 Å². The summed E-state index contributed by atoms with van der Waals surface area (Å²) in [6.45, 7) is 0.945. The van der Waals surface area contributed by atoms with E-state index in [0.29, 0.717) is 19.1 Å². The summed E-state index contributed by atoms with van der Waals surface area (Å²) < 4.78 is 13.5. The topological polar surface area (TPSA) is 61.8 Å². The second-order valence-corrected chi connectivity index (χ2v) is 5.59. The molecule has 110 valence electrons. The molecule has 0 heterocycles. The third-order valence-corrected chi connectivity index (χ3v) is 4.01. The predicted molar refractivity (Wildman–Crippen MR) is 77.5 cm³/mol. The highest BCUT2D eigenvalue weighted by Gasteiger charge is 2.23. The number of rotatable bonds is 5. The zero-order chi connectivity index (χ0) is 14.5. The van der Waals surface area contributed by atoms with Crippen molar-refractivity contribution in [3.05, 3.63) is 34.6 Å². The van der Waals surface area contributed by atoms with E-state index in [4.69, 9.17) is 22.5 Å². The van der Waals surface area contributed by atoms with Gasteiger partial charge in [0, 0.05) is 12.6 Å². The first kappa shape index (κ1) is 15.1. The Morgan fingerprint density at radius 2 is 2.15 bits per heavy atom. The molecule has 0 amide bonds. The van der Waals surface area contributed by atoms with E-state index in [1.54, 1.807) is 12.1 Å². The largest absolute Gasteiger partial charge is 0.409 e. The molecule has 1 saturated carbocycles. The van der Waals surface area contributed by atoms with Gasteiger partial charge < -0.3 is 10.9 Å². The SMILES string of the molecule is N/C(CN(Cc1ccc(Cl)c(F)c1)C1CCCC1)=N/O. The summed E-state index contributed by atoms with van der Waals surface area (Å²) in [5.41, 5.74) is 6.45. The number of hydrogen-bond acceptors (Lipinski definition) is 3. The van der Waals surface area contributed by atoms with Gasteiger partial charge in [-0.2, -0.15) is 0 Å². The van der Waals surface area contributed by atoms with Gasteiger partial charge in [-0.25, -0.2) is 4.39 Å². The third-order valence-electron chi connectivity index (χ3n) is 3.70. The van der Waals surface area contributed by atoms with Gasteiger partial charge in [-0.05, 0) is 30.5 Å². The fraction of sp³-hybridized carbons (Fsp3) is 0.500. The van der Waals surface area contributed by atoms with Gasteiger partial charge in [-0.15, -0.1) is 0 Å². The Kier molecular flexibility index (Phi) is 5.20. The Hall–Kier alpha value is -1.33. The van der Waals surface area contributed by atoms with Crippen molar-refractivity contribution in [3.8, 4) is 0 Å². The van der Waals surface area contributed by atoms with E-state index in [0.717, 1.165) is 18.4 Å². The van der Waals surface area contributed by atoms with Crippen LogP contribution in [0.25, 0.3) is 0 Å². The monoisotopic (exact) mass is 299 g/mol. The van der Waals surface area contributed by atoms with Crippen LogP contribution in [0.3, 0.4) is 0 Å². The zero-order valence-corrected chi connectivity index (χ0v) is 12.0. The summed E-state index contributed by atoms with van der Waals surface area (Å²) in [4.78, 5) is 2.13. The first-order valence-corrected chi connectivity index (χ1v) is 7.12. The molecule has 0 atom stereocenters. The lowest BCUT2D eigenvalue weighted by Crippen LogP contribution is -2.39. The van der Waals surface area contributed by atoms with Crippen LogP contribution in [0, 0.1) is 5.82 Å². The standard InChI is InChI=1S/C14H19ClFN3O/c15-12-6-5-10(7-13(12)16)8-19(9-14(17)18-20)11-3-1-2-4-11/h5-7,11,20H,1-4,8-9H2,(H2,17,18). The second-order valence-electron chi connectivity index (χ2n) is 5.18. The minimum Gasteiger partial charge on any atom is -0.409 e. The molecule has 1 aliphatic rings. The number of nitrogens with zero attached hydrogens (tertiary/aromatic N) is 2. The maximum absolute atomic E-state index is 13.5. The van der Waals surface area contributed by atoms with Gasteiger partial charge in [0.25, 0.3) is 0 Å². The molecule has 1 aromatic carbocycles. The minimum atomic E-state index is -0.417. The lowest BCUT2D eigenvalue weighted by atomic mass is 10.1. The van der Waals surface area contributed by atoms with Crippen molar-refractivity contribution in [2.75, 3.05) is 6.54 Å². The first-order valence-electron chi connectivity index (χ1n) is 6.74. The summed E-state index contributed by atoms with van der Waals surface area (Å²) in [6.07, 6.45) is 4.56. The predicted octanol–water partition coefficient (Wildman–Crippen LogP) is 2.97. The van der Waals surface area contributed by atoms with E-state index >= 15 is 0 Å². The van der Waals surface area contributed by atoms with Crippen LogP contribution in [-0.2, 0) is 6.54 Å². The van der Waals surface area contributed by atoms with E-state index in [1.807, 2.05) is 0 Å². The van der Waals surface area contributed by atoms with Gasteiger partial charge in [0.05, 0.1) is 11.6 Å². The molecule has 0 spiro atoms. The highest BCUT2D eigenvalue weighted by atomic mass is 35.5. The molecule has 0 aromatic heterocycles. The van der Waals surface area contributed by atoms with E-state index in [9.17, 15) is 4.39 Å². The molecule has 1 aliphatic carbocycles. The van der Waals surface area contributed by atoms with Gasteiger partial charge in [0.15, 0.2) is 5.84 Å². The van der Waals surface area contributed by atoms with Crippen LogP contribution in [-0.4, -0.2) is 28.5 Å². The van der Waals surface area contributed by atoms with Crippen molar-refractivity contribution < 1.29 is 9.60 Å². The molecule has 1 fully saturated rings. The zero-order valence-electron chi connectivity index (χ0n) is 11.2. The highest BCUT2D eigenvalue weighted by Crippen LogP contribution is 2.25. The summed E-state index contributed by atoms with van der Waals surface area (Å²) in [5, 5.41) is 11.9. The number of halogens is 2. The van der Waals surface area contributed by atoms with E-state index in [2.05, 4.69) is 10.1 Å². The number of benzene rings is 1. The van der Waals surface area contributed by atoms with E-state index < -0.39 is 5.82 Å². The number of hydrogen-bond donors (Lipinski definition) is 2. The Bertz CT molecular complexity index is 489. The molecule has 6 heteroatoms. The number of nitrogens with two attached hydrogens (primary N) is 1. The minimum absolute atomic E-state index is 0.123. The van der Waals surface area contributed by atoms with Crippen molar-refractivity contribution in [1.82, 2.24) is 4.90 Å². The van der Waals surface area contributed by atoms with E-state index in [-0.39, 0.29) is 10.9 Å². The summed E-state index contributed by atoms with van der Waals surface area (Å²) in [7, 11) is 0. The van der Waals surface area contributed by atoms with Crippen LogP contribution in [0.1, 0.15) is 31.2 Å². The van der Waals surface area contributed by atoms with Gasteiger partial charge in [-0.3, -0.25) is 4.90 Å². The average Bonchev–Trinajstić information content (AvgIpc) is 2.96. The average molecular weight is 300 g/mol. The molecule has 0 unspecified atom stereocenters. The Balaban J connectivity index is 2.11. The van der Waals surface area contributed by atoms with Crippen LogP contribution in [0.4, 0.5) is 4.39 Å². The second kappa shape index (κ2) is 6.90.